The molecular weight excluding hydrogens is 308 g/mol. The Morgan fingerprint density at radius 1 is 1.08 bits per heavy atom. The van der Waals surface area contributed by atoms with Crippen LogP contribution >= 0.6 is 0 Å². The minimum Gasteiger partial charge on any atom is -0.505 e. The van der Waals surface area contributed by atoms with Crippen molar-refractivity contribution < 1.29 is 14.3 Å². The van der Waals surface area contributed by atoms with E-state index in [0.717, 1.165) is 29.7 Å². The molecule has 1 aliphatic heterocycles. The number of piperazine rings is 1. The Labute approximate surface area is 138 Å². The van der Waals surface area contributed by atoms with Crippen LogP contribution in [0.15, 0.2) is 47.3 Å². The Balaban J connectivity index is 1.44. The van der Waals surface area contributed by atoms with E-state index in [1.54, 1.807) is 11.2 Å². The quantitative estimate of drug-likeness (QED) is 0.775. The first kappa shape index (κ1) is 14.5. The summed E-state index contributed by atoms with van der Waals surface area (Å²) in [5.41, 5.74) is 1.99. The van der Waals surface area contributed by atoms with E-state index < -0.39 is 0 Å². The van der Waals surface area contributed by atoms with Gasteiger partial charge in [0.05, 0.1) is 18.7 Å². The van der Waals surface area contributed by atoms with E-state index in [2.05, 4.69) is 20.9 Å². The second kappa shape index (κ2) is 5.84. The summed E-state index contributed by atoms with van der Waals surface area (Å²) in [6.45, 7) is 2.69. The summed E-state index contributed by atoms with van der Waals surface area (Å²) in [6.07, 6.45) is 4.15. The fourth-order valence-corrected chi connectivity index (χ4v) is 2.89. The molecule has 0 atom stereocenters. The summed E-state index contributed by atoms with van der Waals surface area (Å²) in [7, 11) is 0. The van der Waals surface area contributed by atoms with Crippen LogP contribution in [0.5, 0.6) is 5.75 Å². The Kier molecular flexibility index (Phi) is 3.53. The molecule has 4 rings (SSSR count). The lowest BCUT2D eigenvalue weighted by molar-refractivity contribution is 0.0734. The molecule has 1 amide bonds. The van der Waals surface area contributed by atoms with Crippen molar-refractivity contribution in [3.05, 3.63) is 48.7 Å². The van der Waals surface area contributed by atoms with Gasteiger partial charge in [0.15, 0.2) is 5.75 Å². The van der Waals surface area contributed by atoms with Crippen molar-refractivity contribution in [2.24, 2.45) is 0 Å². The van der Waals surface area contributed by atoms with Gasteiger partial charge in [-0.05, 0) is 24.3 Å². The van der Waals surface area contributed by atoms with Gasteiger partial charge in [-0.25, -0.2) is 9.97 Å². The van der Waals surface area contributed by atoms with Crippen LogP contribution in [0.3, 0.4) is 0 Å². The highest BCUT2D eigenvalue weighted by atomic mass is 16.3. The van der Waals surface area contributed by atoms with Gasteiger partial charge < -0.3 is 19.3 Å². The maximum Gasteiger partial charge on any atom is 0.291 e. The molecule has 3 aromatic rings. The number of benzene rings is 1. The molecule has 7 nitrogen and oxygen atoms in total. The number of rotatable bonds is 2. The van der Waals surface area contributed by atoms with Gasteiger partial charge in [-0.1, -0.05) is 0 Å². The van der Waals surface area contributed by atoms with E-state index in [1.807, 2.05) is 18.2 Å². The summed E-state index contributed by atoms with van der Waals surface area (Å²) in [4.78, 5) is 24.1. The van der Waals surface area contributed by atoms with Gasteiger partial charge >= 0.3 is 0 Å². The molecule has 24 heavy (non-hydrogen) atoms. The van der Waals surface area contributed by atoms with Gasteiger partial charge in [-0.3, -0.25) is 4.79 Å². The zero-order valence-electron chi connectivity index (χ0n) is 12.9. The minimum atomic E-state index is -0.208. The molecule has 7 heteroatoms. The Hall–Kier alpha value is -3.09. The monoisotopic (exact) mass is 324 g/mol. The second-order valence-electron chi connectivity index (χ2n) is 5.69. The van der Waals surface area contributed by atoms with Crippen LogP contribution in [0.2, 0.25) is 0 Å². The zero-order chi connectivity index (χ0) is 16.5. The largest absolute Gasteiger partial charge is 0.505 e. The third kappa shape index (κ3) is 2.64. The summed E-state index contributed by atoms with van der Waals surface area (Å²) < 4.78 is 5.36. The lowest BCUT2D eigenvalue weighted by atomic mass is 10.2. The highest BCUT2D eigenvalue weighted by Gasteiger charge is 2.24. The standard InChI is InChI=1S/C17H16N4O3/c22-14-10-18-16(19-11-14)17(23)21-6-4-20(5-7-21)13-1-2-15-12(9-13)3-8-24-15/h1-3,8-11,22H,4-7H2. The van der Waals surface area contributed by atoms with Gasteiger partial charge in [0.1, 0.15) is 5.58 Å². The van der Waals surface area contributed by atoms with Crippen LogP contribution in [0.25, 0.3) is 11.0 Å². The van der Waals surface area contributed by atoms with E-state index >= 15 is 0 Å². The molecular formula is C17H16N4O3. The molecule has 0 unspecified atom stereocenters. The van der Waals surface area contributed by atoms with Crippen molar-refractivity contribution in [1.82, 2.24) is 14.9 Å². The number of nitrogens with zero attached hydrogens (tertiary/aromatic N) is 4. The van der Waals surface area contributed by atoms with Crippen molar-refractivity contribution in [3.8, 4) is 5.75 Å². The minimum absolute atomic E-state index is 0.0500. The van der Waals surface area contributed by atoms with E-state index in [0.29, 0.717) is 13.1 Å². The predicted octanol–water partition coefficient (Wildman–Crippen LogP) is 1.89. The summed E-state index contributed by atoms with van der Waals surface area (Å²) in [5.74, 6) is -0.146. The Bertz CT molecular complexity index is 867. The third-order valence-electron chi connectivity index (χ3n) is 4.20. The molecule has 0 radical (unpaired) electrons. The number of fused-ring (bicyclic) bond motifs is 1. The normalized spacial score (nSPS) is 15.0. The number of anilines is 1. The molecule has 0 aliphatic carbocycles. The Morgan fingerprint density at radius 3 is 2.58 bits per heavy atom. The summed E-state index contributed by atoms with van der Waals surface area (Å²) in [6, 6.07) is 8.04. The summed E-state index contributed by atoms with van der Waals surface area (Å²) in [5, 5.41) is 10.3. The first-order chi connectivity index (χ1) is 11.7. The molecule has 122 valence electrons. The van der Waals surface area contributed by atoms with Crippen LogP contribution in [0.4, 0.5) is 5.69 Å². The fourth-order valence-electron chi connectivity index (χ4n) is 2.89. The van der Waals surface area contributed by atoms with Crippen LogP contribution in [-0.4, -0.2) is 52.1 Å². The SMILES string of the molecule is O=C(c1ncc(O)cn1)N1CCN(c2ccc3occc3c2)CC1. The fraction of sp³-hybridized carbons (Fsp3) is 0.235. The highest BCUT2D eigenvalue weighted by Crippen LogP contribution is 2.24. The zero-order valence-corrected chi connectivity index (χ0v) is 12.9. The second-order valence-corrected chi connectivity index (χ2v) is 5.69. The van der Waals surface area contributed by atoms with Crippen molar-refractivity contribution >= 4 is 22.6 Å². The molecule has 1 fully saturated rings. The number of amides is 1. The molecule has 0 saturated carbocycles. The smallest absolute Gasteiger partial charge is 0.291 e. The highest BCUT2D eigenvalue weighted by molar-refractivity contribution is 5.90. The Morgan fingerprint density at radius 2 is 1.83 bits per heavy atom. The van der Waals surface area contributed by atoms with Crippen LogP contribution in [0.1, 0.15) is 10.6 Å². The van der Waals surface area contributed by atoms with Gasteiger partial charge in [-0.2, -0.15) is 0 Å². The van der Waals surface area contributed by atoms with Crippen LogP contribution < -0.4 is 4.90 Å². The number of hydrogen-bond acceptors (Lipinski definition) is 6. The number of aromatic hydroxyl groups is 1. The molecule has 3 heterocycles. The van der Waals surface area contributed by atoms with Gasteiger partial charge in [0.2, 0.25) is 5.82 Å². The number of hydrogen-bond donors (Lipinski definition) is 1. The molecule has 2 aromatic heterocycles. The molecule has 0 spiro atoms. The topological polar surface area (TPSA) is 82.7 Å². The van der Waals surface area contributed by atoms with Crippen molar-refractivity contribution in [1.29, 1.82) is 0 Å². The van der Waals surface area contributed by atoms with Crippen molar-refractivity contribution in [3.63, 3.8) is 0 Å². The maximum absolute atomic E-state index is 12.4. The number of carbonyl (C=O) groups excluding carboxylic acids is 1. The lowest BCUT2D eigenvalue weighted by Gasteiger charge is -2.35. The number of carbonyl (C=O) groups is 1. The van der Waals surface area contributed by atoms with Crippen LogP contribution in [-0.2, 0) is 0 Å². The first-order valence-corrected chi connectivity index (χ1v) is 7.73. The molecule has 1 N–H and O–H groups in total. The number of furan rings is 1. The maximum atomic E-state index is 12.4. The third-order valence-corrected chi connectivity index (χ3v) is 4.20. The lowest BCUT2D eigenvalue weighted by Crippen LogP contribution is -2.49. The van der Waals surface area contributed by atoms with Gasteiger partial charge in [0, 0.05) is 37.3 Å². The first-order valence-electron chi connectivity index (χ1n) is 7.73. The predicted molar refractivity (Wildman–Crippen MR) is 88.0 cm³/mol. The van der Waals surface area contributed by atoms with Gasteiger partial charge in [0.25, 0.3) is 5.91 Å². The average Bonchev–Trinajstić information content (AvgIpc) is 3.09. The molecule has 0 bridgehead atoms. The summed E-state index contributed by atoms with van der Waals surface area (Å²) >= 11 is 0. The van der Waals surface area contributed by atoms with E-state index in [9.17, 15) is 9.90 Å². The van der Waals surface area contributed by atoms with E-state index in [-0.39, 0.29) is 17.5 Å². The molecule has 1 aromatic carbocycles. The van der Waals surface area contributed by atoms with Gasteiger partial charge in [-0.15, -0.1) is 0 Å². The van der Waals surface area contributed by atoms with Crippen molar-refractivity contribution in [2.45, 2.75) is 0 Å². The molecule has 1 saturated heterocycles. The van der Waals surface area contributed by atoms with Crippen molar-refractivity contribution in [2.75, 3.05) is 31.1 Å². The average molecular weight is 324 g/mol. The molecule has 1 aliphatic rings. The van der Waals surface area contributed by atoms with E-state index in [1.165, 1.54) is 12.4 Å². The van der Waals surface area contributed by atoms with Crippen LogP contribution in [0, 0.1) is 0 Å². The van der Waals surface area contributed by atoms with E-state index in [4.69, 9.17) is 4.42 Å². The number of aromatic nitrogens is 2.